The molecule has 0 bridgehead atoms. The van der Waals surface area contributed by atoms with Gasteiger partial charge in [-0.05, 0) is 32.9 Å². The highest BCUT2D eigenvalue weighted by Gasteiger charge is 2.14. The van der Waals surface area contributed by atoms with E-state index in [0.717, 1.165) is 9.47 Å². The summed E-state index contributed by atoms with van der Waals surface area (Å²) in [5.74, 6) is 1.30. The van der Waals surface area contributed by atoms with Gasteiger partial charge >= 0.3 is 0 Å². The van der Waals surface area contributed by atoms with Gasteiger partial charge in [0.1, 0.15) is 11.5 Å². The van der Waals surface area contributed by atoms with E-state index < -0.39 is 0 Å². The van der Waals surface area contributed by atoms with E-state index in [0.29, 0.717) is 17.2 Å². The largest absolute Gasteiger partial charge is 0.497 e. The van der Waals surface area contributed by atoms with Crippen molar-refractivity contribution in [1.82, 2.24) is 10.2 Å². The van der Waals surface area contributed by atoms with Crippen molar-refractivity contribution in [2.45, 2.75) is 30.6 Å². The smallest absolute Gasteiger partial charge is 0.234 e. The molecule has 1 aromatic heterocycles. The van der Waals surface area contributed by atoms with Crippen molar-refractivity contribution in [1.29, 1.82) is 0 Å². The molecule has 1 heterocycles. The summed E-state index contributed by atoms with van der Waals surface area (Å²) in [7, 11) is 3.12. The van der Waals surface area contributed by atoms with E-state index in [2.05, 4.69) is 41.6 Å². The lowest BCUT2D eigenvalue weighted by Crippen LogP contribution is -2.25. The Kier molecular flexibility index (Phi) is 6.49. The number of hydrogen-bond acceptors (Lipinski definition) is 8. The van der Waals surface area contributed by atoms with Crippen LogP contribution in [0.25, 0.3) is 0 Å². The number of nitrogens with one attached hydrogen (secondary N) is 2. The van der Waals surface area contributed by atoms with Crippen LogP contribution in [-0.2, 0) is 4.79 Å². The van der Waals surface area contributed by atoms with Gasteiger partial charge in [-0.25, -0.2) is 0 Å². The monoisotopic (exact) mass is 382 g/mol. The van der Waals surface area contributed by atoms with Gasteiger partial charge in [0.05, 0.1) is 25.7 Å². The van der Waals surface area contributed by atoms with Crippen LogP contribution in [-0.4, -0.2) is 41.6 Å². The molecule has 0 aliphatic heterocycles. The minimum atomic E-state index is -0.144. The number of aromatic nitrogens is 2. The molecule has 0 radical (unpaired) electrons. The number of nitrogens with zero attached hydrogens (tertiary/aromatic N) is 2. The third-order valence-corrected chi connectivity index (χ3v) is 4.87. The maximum Gasteiger partial charge on any atom is 0.234 e. The molecule has 25 heavy (non-hydrogen) atoms. The molecule has 0 aliphatic rings. The molecule has 9 heteroatoms. The molecule has 1 aromatic carbocycles. The van der Waals surface area contributed by atoms with Crippen LogP contribution in [0, 0.1) is 0 Å². The van der Waals surface area contributed by atoms with Crippen LogP contribution in [0.15, 0.2) is 22.5 Å². The fraction of sp³-hybridized carbons (Fsp3) is 0.438. The molecule has 0 saturated heterocycles. The van der Waals surface area contributed by atoms with E-state index in [4.69, 9.17) is 9.47 Å². The second kappa shape index (κ2) is 8.39. The zero-order chi connectivity index (χ0) is 18.4. The number of methoxy groups -OCH3 is 2. The van der Waals surface area contributed by atoms with Gasteiger partial charge < -0.3 is 20.1 Å². The summed E-state index contributed by atoms with van der Waals surface area (Å²) in [6, 6.07) is 5.23. The lowest BCUT2D eigenvalue weighted by atomic mass is 10.1. The van der Waals surface area contributed by atoms with Crippen molar-refractivity contribution in [3.8, 4) is 11.5 Å². The van der Waals surface area contributed by atoms with Crippen molar-refractivity contribution < 1.29 is 14.3 Å². The second-order valence-corrected chi connectivity index (χ2v) is 8.35. The summed E-state index contributed by atoms with van der Waals surface area (Å²) < 4.78 is 11.2. The highest BCUT2D eigenvalue weighted by molar-refractivity contribution is 8.01. The topological polar surface area (TPSA) is 85.4 Å². The molecule has 0 spiro atoms. The number of carbonyl (C=O) groups excluding carboxylic acids is 1. The molecular weight excluding hydrogens is 360 g/mol. The third-order valence-electron chi connectivity index (χ3n) is 2.90. The van der Waals surface area contributed by atoms with Crippen LogP contribution >= 0.6 is 23.1 Å². The molecule has 0 saturated carbocycles. The normalized spacial score (nSPS) is 11.1. The van der Waals surface area contributed by atoms with Crippen molar-refractivity contribution in [2.24, 2.45) is 0 Å². The molecule has 0 unspecified atom stereocenters. The molecule has 0 fully saturated rings. The van der Waals surface area contributed by atoms with Crippen molar-refractivity contribution in [3.63, 3.8) is 0 Å². The molecule has 1 amide bonds. The highest BCUT2D eigenvalue weighted by atomic mass is 32.2. The Balaban J connectivity index is 1.91. The molecule has 2 aromatic rings. The minimum absolute atomic E-state index is 0.0796. The van der Waals surface area contributed by atoms with Crippen LogP contribution < -0.4 is 20.1 Å². The average molecular weight is 383 g/mol. The lowest BCUT2D eigenvalue weighted by molar-refractivity contribution is -0.113. The Morgan fingerprint density at radius 3 is 2.64 bits per heavy atom. The van der Waals surface area contributed by atoms with Gasteiger partial charge in [0.15, 0.2) is 4.34 Å². The van der Waals surface area contributed by atoms with E-state index in [1.54, 1.807) is 32.4 Å². The van der Waals surface area contributed by atoms with Crippen molar-refractivity contribution in [3.05, 3.63) is 18.2 Å². The molecular formula is C16H22N4O3S2. The van der Waals surface area contributed by atoms with Crippen LogP contribution in [0.4, 0.5) is 10.8 Å². The molecule has 2 rings (SSSR count). The Morgan fingerprint density at radius 2 is 2.00 bits per heavy atom. The zero-order valence-electron chi connectivity index (χ0n) is 14.9. The first-order valence-electron chi connectivity index (χ1n) is 7.57. The zero-order valence-corrected chi connectivity index (χ0v) is 16.5. The standard InChI is InChI=1S/C16H22N4O3S2/c1-16(2,3)18-14-19-20-15(25-14)24-9-13(21)17-11-7-6-10(22-4)8-12(11)23-5/h6-8H,9H2,1-5H3,(H,17,21)(H,18,19). The summed E-state index contributed by atoms with van der Waals surface area (Å²) in [5.41, 5.74) is 0.519. The predicted octanol–water partition coefficient (Wildman–Crippen LogP) is 3.50. The Labute approximate surface area is 155 Å². The first-order chi connectivity index (χ1) is 11.8. The summed E-state index contributed by atoms with van der Waals surface area (Å²) in [5, 5.41) is 15.0. The number of thioether (sulfide) groups is 1. The third kappa shape index (κ3) is 6.09. The van der Waals surface area contributed by atoms with Crippen molar-refractivity contribution in [2.75, 3.05) is 30.6 Å². The summed E-state index contributed by atoms with van der Waals surface area (Å²) >= 11 is 2.77. The van der Waals surface area contributed by atoms with Gasteiger partial charge in [0.2, 0.25) is 11.0 Å². The number of anilines is 2. The quantitative estimate of drug-likeness (QED) is 0.709. The van der Waals surface area contributed by atoms with Crippen LogP contribution in [0.2, 0.25) is 0 Å². The fourth-order valence-electron chi connectivity index (χ4n) is 1.85. The molecule has 136 valence electrons. The van der Waals surface area contributed by atoms with Gasteiger partial charge in [-0.2, -0.15) is 0 Å². The lowest BCUT2D eigenvalue weighted by Gasteiger charge is -2.18. The van der Waals surface area contributed by atoms with Gasteiger partial charge in [0, 0.05) is 11.6 Å². The summed E-state index contributed by atoms with van der Waals surface area (Å²) in [4.78, 5) is 12.2. The first kappa shape index (κ1) is 19.3. The molecule has 0 aliphatic carbocycles. The van der Waals surface area contributed by atoms with Gasteiger partial charge in [-0.15, -0.1) is 10.2 Å². The van der Waals surface area contributed by atoms with Gasteiger partial charge in [-0.1, -0.05) is 23.1 Å². The van der Waals surface area contributed by atoms with Gasteiger partial charge in [0.25, 0.3) is 0 Å². The Morgan fingerprint density at radius 1 is 1.24 bits per heavy atom. The van der Waals surface area contributed by atoms with Gasteiger partial charge in [-0.3, -0.25) is 4.79 Å². The van der Waals surface area contributed by atoms with E-state index in [9.17, 15) is 4.79 Å². The van der Waals surface area contributed by atoms with Crippen LogP contribution in [0.5, 0.6) is 11.5 Å². The number of hydrogen-bond donors (Lipinski definition) is 2. The molecule has 2 N–H and O–H groups in total. The highest BCUT2D eigenvalue weighted by Crippen LogP contribution is 2.30. The van der Waals surface area contributed by atoms with E-state index in [1.807, 2.05) is 0 Å². The van der Waals surface area contributed by atoms with Crippen LogP contribution in [0.3, 0.4) is 0 Å². The predicted molar refractivity (Wildman–Crippen MR) is 102 cm³/mol. The Hall–Kier alpha value is -2.00. The number of carbonyl (C=O) groups is 1. The van der Waals surface area contributed by atoms with Crippen LogP contribution in [0.1, 0.15) is 20.8 Å². The minimum Gasteiger partial charge on any atom is -0.497 e. The first-order valence-corrected chi connectivity index (χ1v) is 9.37. The summed E-state index contributed by atoms with van der Waals surface area (Å²) in [6.45, 7) is 6.16. The Bertz CT molecular complexity index is 728. The number of amides is 1. The fourth-order valence-corrected chi connectivity index (χ4v) is 3.62. The second-order valence-electron chi connectivity index (χ2n) is 6.15. The average Bonchev–Trinajstić information content (AvgIpc) is 2.98. The number of rotatable bonds is 7. The maximum absolute atomic E-state index is 12.2. The van der Waals surface area contributed by atoms with E-state index in [1.165, 1.54) is 23.1 Å². The molecule has 7 nitrogen and oxygen atoms in total. The molecule has 0 atom stereocenters. The number of benzene rings is 1. The SMILES string of the molecule is COc1ccc(NC(=O)CSc2nnc(NC(C)(C)C)s2)c(OC)c1. The summed E-state index contributed by atoms with van der Waals surface area (Å²) in [6.07, 6.45) is 0. The number of ether oxygens (including phenoxy) is 2. The van der Waals surface area contributed by atoms with E-state index in [-0.39, 0.29) is 17.2 Å². The van der Waals surface area contributed by atoms with E-state index >= 15 is 0 Å². The maximum atomic E-state index is 12.2. The van der Waals surface area contributed by atoms with Crippen molar-refractivity contribution >= 4 is 39.8 Å².